The fraction of sp³-hybridized carbons (Fsp3) is 0.703. The number of carbonyl (C=O) groups is 3. The molecule has 2 N–H and O–H groups in total. The van der Waals surface area contributed by atoms with Gasteiger partial charge in [0, 0.05) is 19.3 Å². The number of phosphoric acid groups is 1. The number of aliphatic hydroxyl groups is 1. The van der Waals surface area contributed by atoms with Crippen LogP contribution in [-0.4, -0.2) is 66.5 Å². The molecule has 3 atom stereocenters. The van der Waals surface area contributed by atoms with Gasteiger partial charge >= 0.3 is 25.7 Å². The summed E-state index contributed by atoms with van der Waals surface area (Å²) in [5.41, 5.74) is 0. The van der Waals surface area contributed by atoms with Crippen LogP contribution < -0.4 is 0 Å². The van der Waals surface area contributed by atoms with Crippen molar-refractivity contribution in [2.45, 2.75) is 264 Å². The summed E-state index contributed by atoms with van der Waals surface area (Å²) in [6.45, 7) is 4.37. The molecule has 0 saturated carbocycles. The van der Waals surface area contributed by atoms with Crippen molar-refractivity contribution in [3.8, 4) is 0 Å². The van der Waals surface area contributed by atoms with Gasteiger partial charge in [-0.25, -0.2) is 4.57 Å². The highest BCUT2D eigenvalue weighted by molar-refractivity contribution is 7.47. The lowest BCUT2D eigenvalue weighted by Crippen LogP contribution is -2.30. The summed E-state index contributed by atoms with van der Waals surface area (Å²) in [5.74, 6) is -1.53. The average molecular weight is 1090 g/mol. The molecule has 0 aromatic heterocycles. The SMILES string of the molecule is CC/C=C\C/C=C\C/C=C\C/C=C\CCCCCCCCC(=O)OCC(COP(=O)(O)OCC(CO)OC(=O)CCCCCCCCCCCCCCCCC)OC(=O)CCCC/C=C\C/C=C\C/C=C\C/C=C\CC. The highest BCUT2D eigenvalue weighted by Crippen LogP contribution is 2.43. The Morgan fingerprint density at radius 2 is 0.684 bits per heavy atom. The molecule has 0 aromatic carbocycles. The van der Waals surface area contributed by atoms with E-state index in [0.29, 0.717) is 19.3 Å². The van der Waals surface area contributed by atoms with E-state index in [1.807, 2.05) is 0 Å². The molecule has 0 bridgehead atoms. The van der Waals surface area contributed by atoms with Crippen molar-refractivity contribution in [3.63, 3.8) is 0 Å². The minimum absolute atomic E-state index is 0.109. The van der Waals surface area contributed by atoms with Gasteiger partial charge in [0.15, 0.2) is 6.10 Å². The molecule has 0 amide bonds. The molecular weight excluding hydrogens is 976 g/mol. The normalized spacial score (nSPS) is 14.0. The second kappa shape index (κ2) is 57.6. The number of aliphatic hydroxyl groups excluding tert-OH is 1. The van der Waals surface area contributed by atoms with Gasteiger partial charge < -0.3 is 24.2 Å². The summed E-state index contributed by atoms with van der Waals surface area (Å²) >= 11 is 0. The van der Waals surface area contributed by atoms with Gasteiger partial charge in [-0.1, -0.05) is 234 Å². The van der Waals surface area contributed by atoms with Crippen LogP contribution in [0.2, 0.25) is 0 Å². The molecule has 0 aliphatic heterocycles. The van der Waals surface area contributed by atoms with Gasteiger partial charge in [0.05, 0.1) is 19.8 Å². The average Bonchev–Trinajstić information content (AvgIpc) is 3.41. The Bertz CT molecular complexity index is 1640. The first-order valence-corrected chi connectivity index (χ1v) is 31.6. The first-order chi connectivity index (χ1) is 37.2. The molecule has 12 heteroatoms. The summed E-state index contributed by atoms with van der Waals surface area (Å²) in [4.78, 5) is 48.6. The zero-order valence-corrected chi connectivity index (χ0v) is 49.1. The van der Waals surface area contributed by atoms with E-state index in [4.69, 9.17) is 23.3 Å². The summed E-state index contributed by atoms with van der Waals surface area (Å²) in [6.07, 6.45) is 67.9. The number of ether oxygens (including phenoxy) is 3. The van der Waals surface area contributed by atoms with Crippen LogP contribution in [0.1, 0.15) is 252 Å². The molecule has 76 heavy (non-hydrogen) atoms. The second-order valence-electron chi connectivity index (χ2n) is 19.8. The quantitative estimate of drug-likeness (QED) is 0.0197. The van der Waals surface area contributed by atoms with Gasteiger partial charge in [-0.2, -0.15) is 0 Å². The van der Waals surface area contributed by atoms with Crippen molar-refractivity contribution in [1.82, 2.24) is 0 Å². The number of hydrogen-bond acceptors (Lipinski definition) is 10. The summed E-state index contributed by atoms with van der Waals surface area (Å²) in [7, 11) is -4.77. The third kappa shape index (κ3) is 55.2. The highest BCUT2D eigenvalue weighted by atomic mass is 31.2. The lowest BCUT2D eigenvalue weighted by molar-refractivity contribution is -0.161. The van der Waals surface area contributed by atoms with Crippen molar-refractivity contribution in [3.05, 3.63) is 97.2 Å². The summed E-state index contributed by atoms with van der Waals surface area (Å²) in [5, 5.41) is 9.83. The molecule has 0 spiro atoms. The first kappa shape index (κ1) is 72.4. The van der Waals surface area contributed by atoms with Crippen LogP contribution in [0.3, 0.4) is 0 Å². The largest absolute Gasteiger partial charge is 0.472 e. The Balaban J connectivity index is 4.77. The monoisotopic (exact) mass is 1080 g/mol. The topological polar surface area (TPSA) is 155 Å². The van der Waals surface area contributed by atoms with Crippen LogP contribution in [0.25, 0.3) is 0 Å². The maximum Gasteiger partial charge on any atom is 0.472 e. The molecule has 0 rings (SSSR count). The number of phosphoric ester groups is 1. The third-order valence-electron chi connectivity index (χ3n) is 12.5. The molecule has 3 unspecified atom stereocenters. The fourth-order valence-electron chi connectivity index (χ4n) is 7.99. The second-order valence-corrected chi connectivity index (χ2v) is 21.2. The predicted molar refractivity (Wildman–Crippen MR) is 316 cm³/mol. The lowest BCUT2D eigenvalue weighted by Gasteiger charge is -2.21. The zero-order valence-electron chi connectivity index (χ0n) is 48.2. The van der Waals surface area contributed by atoms with Crippen LogP contribution in [0.15, 0.2) is 97.2 Å². The van der Waals surface area contributed by atoms with E-state index in [0.717, 1.165) is 122 Å². The Kier molecular flexibility index (Phi) is 54.8. The molecule has 0 fully saturated rings. The molecule has 0 saturated heterocycles. The van der Waals surface area contributed by atoms with Gasteiger partial charge in [-0.05, 0) is 96.3 Å². The lowest BCUT2D eigenvalue weighted by atomic mass is 10.0. The first-order valence-electron chi connectivity index (χ1n) is 30.1. The van der Waals surface area contributed by atoms with Crippen LogP contribution in [0.5, 0.6) is 0 Å². The number of allylic oxidation sites excluding steroid dienone is 16. The van der Waals surface area contributed by atoms with Crippen molar-refractivity contribution >= 4 is 25.7 Å². The summed E-state index contributed by atoms with van der Waals surface area (Å²) in [6, 6.07) is 0. The van der Waals surface area contributed by atoms with Crippen molar-refractivity contribution in [2.24, 2.45) is 0 Å². The van der Waals surface area contributed by atoms with E-state index in [-0.39, 0.29) is 25.9 Å². The van der Waals surface area contributed by atoms with E-state index in [9.17, 15) is 28.9 Å². The predicted octanol–water partition coefficient (Wildman–Crippen LogP) is 18.0. The Morgan fingerprint density at radius 1 is 0.382 bits per heavy atom. The maximum atomic E-state index is 12.9. The van der Waals surface area contributed by atoms with E-state index >= 15 is 0 Å². The number of carbonyl (C=O) groups excluding carboxylic acids is 3. The zero-order chi connectivity index (χ0) is 55.5. The molecule has 0 aliphatic carbocycles. The fourth-order valence-corrected chi connectivity index (χ4v) is 8.77. The van der Waals surface area contributed by atoms with Crippen LogP contribution in [-0.2, 0) is 42.2 Å². The molecule has 0 aromatic rings. The minimum Gasteiger partial charge on any atom is -0.462 e. The maximum absolute atomic E-state index is 12.9. The number of unbranched alkanes of at least 4 members (excludes halogenated alkanes) is 22. The van der Waals surface area contributed by atoms with E-state index < -0.39 is 57.8 Å². The standard InChI is InChI=1S/C64H109O11P/c1-4-7-10-13-16-19-22-25-28-29-30-31-34-35-38-41-44-47-50-53-62(66)71-57-61(75-64(68)55-52-49-46-43-40-37-33-27-24-21-18-15-12-9-6-3)59-73-76(69,70)72-58-60(56-65)74-63(67)54-51-48-45-42-39-36-32-26-23-20-17-14-11-8-5-2/h7,9-10,12,16,18-19,21,25,27-28,30-31,33,40,43,60-61,65H,4-6,8,11,13-15,17,20,22-24,26,29,32,34-39,41-42,44-59H2,1-3H3,(H,69,70)/b10-7-,12-9-,19-16-,21-18-,28-25-,31-30-,33-27-,43-40-. The number of rotatable bonds is 55. The Morgan fingerprint density at radius 3 is 1.08 bits per heavy atom. The smallest absolute Gasteiger partial charge is 0.462 e. The van der Waals surface area contributed by atoms with Crippen molar-refractivity contribution < 1.29 is 52.2 Å². The minimum atomic E-state index is -4.77. The van der Waals surface area contributed by atoms with Gasteiger partial charge in [-0.15, -0.1) is 0 Å². The Hall–Kier alpha value is -3.60. The van der Waals surface area contributed by atoms with E-state index in [1.165, 1.54) is 70.6 Å². The van der Waals surface area contributed by atoms with Gasteiger partial charge in [0.1, 0.15) is 12.7 Å². The Labute approximate surface area is 463 Å². The number of esters is 3. The van der Waals surface area contributed by atoms with E-state index in [1.54, 1.807) is 0 Å². The molecule has 0 aliphatic rings. The van der Waals surface area contributed by atoms with Crippen molar-refractivity contribution in [1.29, 1.82) is 0 Å². The van der Waals surface area contributed by atoms with Crippen molar-refractivity contribution in [2.75, 3.05) is 26.4 Å². The van der Waals surface area contributed by atoms with Crippen LogP contribution in [0, 0.1) is 0 Å². The van der Waals surface area contributed by atoms with Gasteiger partial charge in [0.2, 0.25) is 0 Å². The molecule has 0 radical (unpaired) electrons. The molecule has 11 nitrogen and oxygen atoms in total. The molecule has 436 valence electrons. The van der Waals surface area contributed by atoms with E-state index in [2.05, 4.69) is 118 Å². The van der Waals surface area contributed by atoms with Crippen LogP contribution >= 0.6 is 7.82 Å². The van der Waals surface area contributed by atoms with Gasteiger partial charge in [0.25, 0.3) is 0 Å². The number of hydrogen-bond donors (Lipinski definition) is 2. The summed E-state index contributed by atoms with van der Waals surface area (Å²) < 4.78 is 39.5. The third-order valence-corrected chi connectivity index (χ3v) is 13.5. The van der Waals surface area contributed by atoms with Gasteiger partial charge in [-0.3, -0.25) is 23.4 Å². The van der Waals surface area contributed by atoms with Crippen LogP contribution in [0.4, 0.5) is 0 Å². The molecular formula is C64H109O11P. The molecule has 0 heterocycles. The highest BCUT2D eigenvalue weighted by Gasteiger charge is 2.28.